The Hall–Kier alpha value is -3.08. The van der Waals surface area contributed by atoms with Gasteiger partial charge in [0.25, 0.3) is 0 Å². The van der Waals surface area contributed by atoms with Crippen molar-refractivity contribution in [2.75, 3.05) is 32.0 Å². The van der Waals surface area contributed by atoms with Crippen LogP contribution >= 0.6 is 0 Å². The summed E-state index contributed by atoms with van der Waals surface area (Å²) in [5.41, 5.74) is 4.84. The Labute approximate surface area is 173 Å². The predicted molar refractivity (Wildman–Crippen MR) is 121 cm³/mol. The number of guanidine groups is 1. The second-order valence-electron chi connectivity index (χ2n) is 7.30. The minimum absolute atomic E-state index is 0.0495. The van der Waals surface area contributed by atoms with Gasteiger partial charge >= 0.3 is 0 Å². The summed E-state index contributed by atoms with van der Waals surface area (Å²) in [7, 11) is 1.85. The van der Waals surface area contributed by atoms with Crippen molar-refractivity contribution in [1.82, 2.24) is 10.2 Å². The molecule has 0 aromatic heterocycles. The first-order chi connectivity index (χ1) is 14.1. The number of aliphatic imine (C=N–C) groups is 1. The standard InChI is InChI=1S/C24H30N4O/c1-19(29)27-23-10-8-20(9-11-23)12-15-26-24(25-2)28-16-13-22(14-17-28)18-21-6-4-3-5-7-21/h3-11,18H,12-17H2,1-2H3,(H,25,26)(H,27,29). The molecule has 2 N–H and O–H groups in total. The van der Waals surface area contributed by atoms with E-state index in [-0.39, 0.29) is 5.91 Å². The minimum Gasteiger partial charge on any atom is -0.356 e. The van der Waals surface area contributed by atoms with E-state index in [0.29, 0.717) is 0 Å². The van der Waals surface area contributed by atoms with Gasteiger partial charge in [0.15, 0.2) is 5.96 Å². The van der Waals surface area contributed by atoms with Crippen molar-refractivity contribution in [2.24, 2.45) is 4.99 Å². The quantitative estimate of drug-likeness (QED) is 0.601. The number of nitrogens with zero attached hydrogens (tertiary/aromatic N) is 2. The summed E-state index contributed by atoms with van der Waals surface area (Å²) in [4.78, 5) is 17.9. The Morgan fingerprint density at radius 3 is 2.38 bits per heavy atom. The van der Waals surface area contributed by atoms with Crippen LogP contribution in [0.25, 0.3) is 6.08 Å². The van der Waals surface area contributed by atoms with Gasteiger partial charge in [0.05, 0.1) is 0 Å². The molecule has 1 heterocycles. The third kappa shape index (κ3) is 6.49. The zero-order chi connectivity index (χ0) is 20.5. The number of carbonyl (C=O) groups excluding carboxylic acids is 1. The number of rotatable bonds is 5. The second kappa shape index (κ2) is 10.5. The van der Waals surface area contributed by atoms with Crippen LogP contribution in [-0.4, -0.2) is 43.4 Å². The van der Waals surface area contributed by atoms with Crippen molar-refractivity contribution < 1.29 is 4.79 Å². The summed E-state index contributed by atoms with van der Waals surface area (Å²) < 4.78 is 0. The first-order valence-electron chi connectivity index (χ1n) is 10.2. The molecule has 152 valence electrons. The van der Waals surface area contributed by atoms with Crippen molar-refractivity contribution in [3.63, 3.8) is 0 Å². The van der Waals surface area contributed by atoms with Crippen LogP contribution in [0.3, 0.4) is 0 Å². The number of piperidine rings is 1. The number of benzene rings is 2. The minimum atomic E-state index is -0.0495. The summed E-state index contributed by atoms with van der Waals surface area (Å²) in [5, 5.41) is 6.28. The van der Waals surface area contributed by atoms with Crippen molar-refractivity contribution in [3.8, 4) is 0 Å². The molecule has 0 unspecified atom stereocenters. The van der Waals surface area contributed by atoms with Crippen molar-refractivity contribution in [1.29, 1.82) is 0 Å². The highest BCUT2D eigenvalue weighted by molar-refractivity contribution is 5.88. The van der Waals surface area contributed by atoms with E-state index in [1.807, 2.05) is 19.2 Å². The molecule has 3 rings (SSSR count). The molecule has 0 saturated carbocycles. The van der Waals surface area contributed by atoms with E-state index >= 15 is 0 Å². The first kappa shape index (κ1) is 20.6. The molecule has 2 aromatic carbocycles. The lowest BCUT2D eigenvalue weighted by Gasteiger charge is -2.31. The first-order valence-corrected chi connectivity index (χ1v) is 10.2. The molecule has 5 nitrogen and oxygen atoms in total. The van der Waals surface area contributed by atoms with Crippen LogP contribution in [-0.2, 0) is 11.2 Å². The Balaban J connectivity index is 1.45. The maximum atomic E-state index is 11.1. The third-order valence-corrected chi connectivity index (χ3v) is 5.06. The highest BCUT2D eigenvalue weighted by Gasteiger charge is 2.17. The van der Waals surface area contributed by atoms with Crippen molar-refractivity contribution in [3.05, 3.63) is 71.3 Å². The van der Waals surface area contributed by atoms with Gasteiger partial charge in [0, 0.05) is 39.3 Å². The molecule has 2 aromatic rings. The van der Waals surface area contributed by atoms with Gasteiger partial charge < -0.3 is 15.5 Å². The van der Waals surface area contributed by atoms with E-state index in [9.17, 15) is 4.79 Å². The molecular weight excluding hydrogens is 360 g/mol. The van der Waals surface area contributed by atoms with Gasteiger partial charge in [-0.15, -0.1) is 0 Å². The zero-order valence-corrected chi connectivity index (χ0v) is 17.3. The van der Waals surface area contributed by atoms with E-state index < -0.39 is 0 Å². The lowest BCUT2D eigenvalue weighted by atomic mass is 10.0. The average Bonchev–Trinajstić information content (AvgIpc) is 2.74. The van der Waals surface area contributed by atoms with E-state index in [4.69, 9.17) is 0 Å². The third-order valence-electron chi connectivity index (χ3n) is 5.06. The molecule has 0 bridgehead atoms. The summed E-state index contributed by atoms with van der Waals surface area (Å²) in [6.45, 7) is 4.33. The van der Waals surface area contributed by atoms with Gasteiger partial charge in [0.2, 0.25) is 5.91 Å². The van der Waals surface area contributed by atoms with Crippen LogP contribution in [0.4, 0.5) is 5.69 Å². The monoisotopic (exact) mass is 390 g/mol. The summed E-state index contributed by atoms with van der Waals surface area (Å²) in [6.07, 6.45) is 5.37. The van der Waals surface area contributed by atoms with E-state index in [0.717, 1.165) is 50.5 Å². The van der Waals surface area contributed by atoms with Gasteiger partial charge in [-0.05, 0) is 42.5 Å². The SMILES string of the molecule is CN=C(NCCc1ccc(NC(C)=O)cc1)N1CCC(=Cc2ccccc2)CC1. The smallest absolute Gasteiger partial charge is 0.221 e. The van der Waals surface area contributed by atoms with Crippen molar-refractivity contribution >= 4 is 23.6 Å². The number of hydrogen-bond donors (Lipinski definition) is 2. The fourth-order valence-electron chi connectivity index (χ4n) is 3.54. The summed E-state index contributed by atoms with van der Waals surface area (Å²) >= 11 is 0. The number of nitrogens with one attached hydrogen (secondary N) is 2. The van der Waals surface area contributed by atoms with Crippen LogP contribution in [0.5, 0.6) is 0 Å². The van der Waals surface area contributed by atoms with Crippen LogP contribution in [0.15, 0.2) is 65.2 Å². The molecule has 0 radical (unpaired) electrons. The topological polar surface area (TPSA) is 56.7 Å². The van der Waals surface area contributed by atoms with Gasteiger partial charge in [-0.2, -0.15) is 0 Å². The Bertz CT molecular complexity index is 846. The van der Waals surface area contributed by atoms with E-state index in [2.05, 4.69) is 69.1 Å². The highest BCUT2D eigenvalue weighted by Crippen LogP contribution is 2.19. The fraction of sp³-hybridized carbons (Fsp3) is 0.333. The highest BCUT2D eigenvalue weighted by atomic mass is 16.1. The molecule has 0 aliphatic carbocycles. The largest absolute Gasteiger partial charge is 0.356 e. The molecule has 1 aliphatic heterocycles. The molecule has 29 heavy (non-hydrogen) atoms. The Kier molecular flexibility index (Phi) is 7.45. The number of anilines is 1. The number of hydrogen-bond acceptors (Lipinski definition) is 2. The normalized spacial score (nSPS) is 14.5. The number of carbonyl (C=O) groups is 1. The molecule has 1 aliphatic rings. The van der Waals surface area contributed by atoms with Crippen molar-refractivity contribution in [2.45, 2.75) is 26.2 Å². The predicted octanol–water partition coefficient (Wildman–Crippen LogP) is 3.94. The molecule has 1 amide bonds. The Morgan fingerprint density at radius 1 is 1.07 bits per heavy atom. The zero-order valence-electron chi connectivity index (χ0n) is 17.3. The Morgan fingerprint density at radius 2 is 1.76 bits per heavy atom. The number of amides is 1. The van der Waals surface area contributed by atoms with E-state index in [1.54, 1.807) is 0 Å². The molecular formula is C24H30N4O. The lowest BCUT2D eigenvalue weighted by Crippen LogP contribution is -2.45. The number of likely N-dealkylation sites (tertiary alicyclic amines) is 1. The van der Waals surface area contributed by atoms with Crippen LogP contribution in [0, 0.1) is 0 Å². The molecule has 1 fully saturated rings. The average molecular weight is 391 g/mol. The van der Waals surface area contributed by atoms with Gasteiger partial charge in [0.1, 0.15) is 0 Å². The van der Waals surface area contributed by atoms with Crippen LogP contribution in [0.1, 0.15) is 30.9 Å². The van der Waals surface area contributed by atoms with Crippen LogP contribution < -0.4 is 10.6 Å². The second-order valence-corrected chi connectivity index (χ2v) is 7.30. The van der Waals surface area contributed by atoms with Crippen LogP contribution in [0.2, 0.25) is 0 Å². The molecule has 5 heteroatoms. The lowest BCUT2D eigenvalue weighted by molar-refractivity contribution is -0.114. The summed E-state index contributed by atoms with van der Waals surface area (Å²) in [5.74, 6) is 0.921. The summed E-state index contributed by atoms with van der Waals surface area (Å²) in [6, 6.07) is 18.5. The molecule has 0 spiro atoms. The maximum absolute atomic E-state index is 11.1. The molecule has 1 saturated heterocycles. The van der Waals surface area contributed by atoms with E-state index in [1.165, 1.54) is 23.6 Å². The van der Waals surface area contributed by atoms with Gasteiger partial charge in [-0.3, -0.25) is 9.79 Å². The maximum Gasteiger partial charge on any atom is 0.221 e. The van der Waals surface area contributed by atoms with Gasteiger partial charge in [-0.1, -0.05) is 54.1 Å². The fourth-order valence-corrected chi connectivity index (χ4v) is 3.54. The van der Waals surface area contributed by atoms with Gasteiger partial charge in [-0.25, -0.2) is 0 Å². The molecule has 0 atom stereocenters.